The third kappa shape index (κ3) is 3.21. The summed E-state index contributed by atoms with van der Waals surface area (Å²) in [6.45, 7) is -0.351. The molecule has 2 aromatic carbocycles. The van der Waals surface area contributed by atoms with Crippen molar-refractivity contribution in [1.82, 2.24) is 0 Å². The first-order valence-corrected chi connectivity index (χ1v) is 5.78. The lowest BCUT2D eigenvalue weighted by atomic mass is 10.1. The molecular weight excluding hydrogens is 262 g/mol. The number of Topliss-reactive ketones (excluding diaryl/α,β-unsaturated/α-hetero) is 1. The van der Waals surface area contributed by atoms with E-state index in [1.54, 1.807) is 24.3 Å². The maximum Gasteiger partial charge on any atom is 0.203 e. The maximum absolute atomic E-state index is 13.4. The van der Waals surface area contributed by atoms with Crippen LogP contribution in [-0.2, 0) is 0 Å². The average Bonchev–Trinajstić information content (AvgIpc) is 2.45. The fraction of sp³-hybridized carbons (Fsp3) is 0.0625. The smallest absolute Gasteiger partial charge is 0.203 e. The maximum atomic E-state index is 13.4. The minimum atomic E-state index is -0.907. The van der Waals surface area contributed by atoms with Gasteiger partial charge in [-0.15, -0.1) is 6.42 Å². The van der Waals surface area contributed by atoms with Gasteiger partial charge in [0, 0.05) is 11.6 Å². The first-order chi connectivity index (χ1) is 9.60. The number of benzene rings is 2. The number of hydrogen-bond donors (Lipinski definition) is 0. The molecule has 0 amide bonds. The van der Waals surface area contributed by atoms with Gasteiger partial charge in [0.05, 0.1) is 5.56 Å². The van der Waals surface area contributed by atoms with Gasteiger partial charge < -0.3 is 4.74 Å². The normalized spacial score (nSPS) is 9.85. The van der Waals surface area contributed by atoms with Gasteiger partial charge in [-0.3, -0.25) is 4.79 Å². The Morgan fingerprint density at radius 1 is 1.20 bits per heavy atom. The van der Waals surface area contributed by atoms with Gasteiger partial charge in [-0.25, -0.2) is 8.78 Å². The molecule has 0 aromatic heterocycles. The molecule has 2 aromatic rings. The van der Waals surface area contributed by atoms with E-state index in [2.05, 4.69) is 5.92 Å². The number of ether oxygens (including phenoxy) is 1. The van der Waals surface area contributed by atoms with Crippen molar-refractivity contribution in [3.05, 3.63) is 65.2 Å². The van der Waals surface area contributed by atoms with Gasteiger partial charge in [0.2, 0.25) is 5.78 Å². The highest BCUT2D eigenvalue weighted by Crippen LogP contribution is 2.14. The molecule has 0 heterocycles. The number of carbonyl (C=O) groups is 1. The van der Waals surface area contributed by atoms with Gasteiger partial charge in [-0.05, 0) is 30.3 Å². The highest BCUT2D eigenvalue weighted by Gasteiger charge is 2.13. The highest BCUT2D eigenvalue weighted by molar-refractivity contribution is 5.97. The van der Waals surface area contributed by atoms with E-state index in [0.717, 1.165) is 12.1 Å². The van der Waals surface area contributed by atoms with Gasteiger partial charge in [-0.1, -0.05) is 12.0 Å². The molecule has 0 atom stereocenters. The lowest BCUT2D eigenvalue weighted by molar-refractivity contribution is 0.0917. The molecule has 4 heteroatoms. The predicted molar refractivity (Wildman–Crippen MR) is 70.6 cm³/mol. The summed E-state index contributed by atoms with van der Waals surface area (Å²) >= 11 is 0. The number of carbonyl (C=O) groups excluding carboxylic acids is 1. The standard InChI is InChI=1S/C16H10F2O2/c1-2-11-4-3-5-13(8-11)20-10-16(19)14-7-6-12(17)9-15(14)18/h1,3-9H,10H2. The third-order valence-electron chi connectivity index (χ3n) is 2.60. The largest absolute Gasteiger partial charge is 0.485 e. The Labute approximate surface area is 115 Å². The Hall–Kier alpha value is -2.67. The first-order valence-electron chi connectivity index (χ1n) is 5.78. The third-order valence-corrected chi connectivity index (χ3v) is 2.60. The molecule has 0 N–H and O–H groups in total. The number of halogens is 2. The second-order valence-corrected chi connectivity index (χ2v) is 4.01. The van der Waals surface area contributed by atoms with Gasteiger partial charge in [0.1, 0.15) is 17.4 Å². The van der Waals surface area contributed by atoms with Crippen LogP contribution in [0.3, 0.4) is 0 Å². The Kier molecular flexibility index (Phi) is 4.11. The SMILES string of the molecule is C#Cc1cccc(OCC(=O)c2ccc(F)cc2F)c1. The summed E-state index contributed by atoms with van der Waals surface area (Å²) in [5, 5.41) is 0. The molecule has 0 radical (unpaired) electrons. The van der Waals surface area contributed by atoms with Crippen LogP contribution in [-0.4, -0.2) is 12.4 Å². The summed E-state index contributed by atoms with van der Waals surface area (Å²) in [5.74, 6) is 0.632. The van der Waals surface area contributed by atoms with E-state index in [-0.39, 0.29) is 12.2 Å². The molecule has 0 aliphatic rings. The van der Waals surface area contributed by atoms with Gasteiger partial charge >= 0.3 is 0 Å². The van der Waals surface area contributed by atoms with E-state index in [0.29, 0.717) is 17.4 Å². The number of hydrogen-bond acceptors (Lipinski definition) is 2. The van der Waals surface area contributed by atoms with Crippen LogP contribution in [0.4, 0.5) is 8.78 Å². The summed E-state index contributed by atoms with van der Waals surface area (Å²) in [7, 11) is 0. The van der Waals surface area contributed by atoms with Crippen molar-refractivity contribution in [1.29, 1.82) is 0 Å². The van der Waals surface area contributed by atoms with Crippen LogP contribution < -0.4 is 4.74 Å². The van der Waals surface area contributed by atoms with E-state index in [4.69, 9.17) is 11.2 Å². The average molecular weight is 272 g/mol. The summed E-state index contributed by atoms with van der Waals surface area (Å²) in [4.78, 5) is 11.8. The quantitative estimate of drug-likeness (QED) is 0.631. The molecule has 100 valence electrons. The molecular formula is C16H10F2O2. The zero-order valence-corrected chi connectivity index (χ0v) is 10.4. The van der Waals surface area contributed by atoms with Crippen molar-refractivity contribution in [2.24, 2.45) is 0 Å². The molecule has 0 saturated heterocycles. The van der Waals surface area contributed by atoms with Crippen molar-refractivity contribution >= 4 is 5.78 Å². The van der Waals surface area contributed by atoms with Crippen molar-refractivity contribution in [3.63, 3.8) is 0 Å². The summed E-state index contributed by atoms with van der Waals surface area (Å²) in [6.07, 6.45) is 5.24. The van der Waals surface area contributed by atoms with Crippen molar-refractivity contribution in [2.45, 2.75) is 0 Å². The van der Waals surface area contributed by atoms with Crippen LogP contribution in [0.2, 0.25) is 0 Å². The van der Waals surface area contributed by atoms with Crippen LogP contribution in [0.25, 0.3) is 0 Å². The van der Waals surface area contributed by atoms with Crippen LogP contribution in [0, 0.1) is 24.0 Å². The second-order valence-electron chi connectivity index (χ2n) is 4.01. The topological polar surface area (TPSA) is 26.3 Å². The Balaban J connectivity index is 2.07. The van der Waals surface area contributed by atoms with Crippen LogP contribution >= 0.6 is 0 Å². The van der Waals surface area contributed by atoms with Gasteiger partial charge in [-0.2, -0.15) is 0 Å². The number of terminal acetylenes is 1. The van der Waals surface area contributed by atoms with Crippen molar-refractivity contribution in [3.8, 4) is 18.1 Å². The predicted octanol–water partition coefficient (Wildman–Crippen LogP) is 3.21. The lowest BCUT2D eigenvalue weighted by Crippen LogP contribution is -2.13. The van der Waals surface area contributed by atoms with Gasteiger partial charge in [0.25, 0.3) is 0 Å². The Morgan fingerprint density at radius 3 is 2.70 bits per heavy atom. The van der Waals surface area contributed by atoms with Crippen molar-refractivity contribution in [2.75, 3.05) is 6.61 Å². The molecule has 0 bridgehead atoms. The minimum Gasteiger partial charge on any atom is -0.485 e. The molecule has 0 aliphatic carbocycles. The molecule has 0 unspecified atom stereocenters. The number of ketones is 1. The first kappa shape index (κ1) is 13.8. The molecule has 2 rings (SSSR count). The van der Waals surface area contributed by atoms with E-state index in [1.165, 1.54) is 0 Å². The van der Waals surface area contributed by atoms with E-state index in [9.17, 15) is 13.6 Å². The summed E-state index contributed by atoms with van der Waals surface area (Å²) in [5.41, 5.74) is 0.405. The van der Waals surface area contributed by atoms with E-state index < -0.39 is 17.4 Å². The molecule has 0 saturated carbocycles. The highest BCUT2D eigenvalue weighted by atomic mass is 19.1. The Morgan fingerprint density at radius 2 is 2.00 bits per heavy atom. The molecule has 0 spiro atoms. The fourth-order valence-electron chi connectivity index (χ4n) is 1.62. The van der Waals surface area contributed by atoms with E-state index in [1.807, 2.05) is 0 Å². The molecule has 20 heavy (non-hydrogen) atoms. The summed E-state index contributed by atoms with van der Waals surface area (Å²) in [6, 6.07) is 9.40. The lowest BCUT2D eigenvalue weighted by Gasteiger charge is -2.06. The second kappa shape index (κ2) is 5.98. The molecule has 0 aliphatic heterocycles. The van der Waals surface area contributed by atoms with Crippen LogP contribution in [0.15, 0.2) is 42.5 Å². The zero-order valence-electron chi connectivity index (χ0n) is 10.4. The number of rotatable bonds is 4. The van der Waals surface area contributed by atoms with E-state index >= 15 is 0 Å². The molecule has 2 nitrogen and oxygen atoms in total. The van der Waals surface area contributed by atoms with Gasteiger partial charge in [0.15, 0.2) is 6.61 Å². The fourth-order valence-corrected chi connectivity index (χ4v) is 1.62. The van der Waals surface area contributed by atoms with Crippen molar-refractivity contribution < 1.29 is 18.3 Å². The zero-order chi connectivity index (χ0) is 14.5. The van der Waals surface area contributed by atoms with Crippen LogP contribution in [0.5, 0.6) is 5.75 Å². The Bertz CT molecular complexity index is 687. The monoisotopic (exact) mass is 272 g/mol. The molecule has 0 fully saturated rings. The van der Waals surface area contributed by atoms with Crippen LogP contribution in [0.1, 0.15) is 15.9 Å². The summed E-state index contributed by atoms with van der Waals surface area (Å²) < 4.78 is 31.4. The minimum absolute atomic E-state index is 0.209.